The van der Waals surface area contributed by atoms with Crippen LogP contribution in [0, 0.1) is 24.4 Å². The summed E-state index contributed by atoms with van der Waals surface area (Å²) in [7, 11) is -4.26. The molecule has 0 radical (unpaired) electrons. The molecule has 20 heavy (non-hydrogen) atoms. The molecule has 0 aliphatic rings. The number of hydrogen-bond donors (Lipinski definition) is 1. The first-order valence-corrected chi connectivity index (χ1v) is 7.01. The summed E-state index contributed by atoms with van der Waals surface area (Å²) in [4.78, 5) is -0.581. The SMILES string of the molecule is Cc1ccc(F)c(S(=O)(=O)Nc2cc(F)cc(F)c2)c1. The molecular weight excluding hydrogens is 291 g/mol. The first kappa shape index (κ1) is 14.4. The molecule has 0 aliphatic heterocycles. The van der Waals surface area contributed by atoms with Gasteiger partial charge in [-0.25, -0.2) is 21.6 Å². The molecule has 106 valence electrons. The monoisotopic (exact) mass is 301 g/mol. The lowest BCUT2D eigenvalue weighted by Gasteiger charge is -2.09. The Morgan fingerprint density at radius 1 is 0.950 bits per heavy atom. The summed E-state index contributed by atoms with van der Waals surface area (Å²) in [6, 6.07) is 5.76. The van der Waals surface area contributed by atoms with Crippen molar-refractivity contribution < 1.29 is 21.6 Å². The van der Waals surface area contributed by atoms with Crippen LogP contribution in [-0.2, 0) is 10.0 Å². The molecule has 0 aliphatic carbocycles. The Hall–Kier alpha value is -2.02. The number of nitrogens with one attached hydrogen (secondary N) is 1. The number of rotatable bonds is 3. The number of aryl methyl sites for hydroxylation is 1. The summed E-state index contributed by atoms with van der Waals surface area (Å²) < 4.78 is 65.5. The first-order valence-electron chi connectivity index (χ1n) is 5.53. The van der Waals surface area contributed by atoms with E-state index in [4.69, 9.17) is 0 Å². The quantitative estimate of drug-likeness (QED) is 0.946. The Bertz CT molecular complexity index is 740. The van der Waals surface area contributed by atoms with Crippen LogP contribution < -0.4 is 4.72 Å². The van der Waals surface area contributed by atoms with Gasteiger partial charge in [-0.1, -0.05) is 6.07 Å². The van der Waals surface area contributed by atoms with Crippen LogP contribution in [0.15, 0.2) is 41.3 Å². The van der Waals surface area contributed by atoms with Crippen LogP contribution in [0.2, 0.25) is 0 Å². The molecule has 0 bridgehead atoms. The lowest BCUT2D eigenvalue weighted by Crippen LogP contribution is -2.15. The van der Waals surface area contributed by atoms with E-state index in [1.165, 1.54) is 6.07 Å². The zero-order valence-corrected chi connectivity index (χ0v) is 11.1. The van der Waals surface area contributed by atoms with Gasteiger partial charge in [-0.3, -0.25) is 4.72 Å². The molecule has 1 N–H and O–H groups in total. The average Bonchev–Trinajstić information content (AvgIpc) is 2.30. The van der Waals surface area contributed by atoms with Gasteiger partial charge in [0, 0.05) is 6.07 Å². The summed E-state index contributed by atoms with van der Waals surface area (Å²) in [6.07, 6.45) is 0. The lowest BCUT2D eigenvalue weighted by molar-refractivity contribution is 0.569. The van der Waals surface area contributed by atoms with Gasteiger partial charge in [-0.2, -0.15) is 0 Å². The van der Waals surface area contributed by atoms with E-state index >= 15 is 0 Å². The van der Waals surface area contributed by atoms with Gasteiger partial charge in [-0.05, 0) is 36.8 Å². The Balaban J connectivity index is 2.43. The van der Waals surface area contributed by atoms with E-state index in [2.05, 4.69) is 0 Å². The highest BCUT2D eigenvalue weighted by atomic mass is 32.2. The van der Waals surface area contributed by atoms with Gasteiger partial charge in [0.15, 0.2) is 0 Å². The first-order chi connectivity index (χ1) is 9.28. The largest absolute Gasteiger partial charge is 0.279 e. The fraction of sp³-hybridized carbons (Fsp3) is 0.0769. The van der Waals surface area contributed by atoms with Crippen molar-refractivity contribution in [2.75, 3.05) is 4.72 Å². The molecule has 0 fully saturated rings. The summed E-state index contributed by atoms with van der Waals surface area (Å²) in [6.45, 7) is 1.60. The maximum Gasteiger partial charge on any atom is 0.264 e. The Labute approximate surface area is 114 Å². The van der Waals surface area contributed by atoms with Crippen LogP contribution in [0.4, 0.5) is 18.9 Å². The Morgan fingerprint density at radius 2 is 1.55 bits per heavy atom. The minimum absolute atomic E-state index is 0.316. The van der Waals surface area contributed by atoms with Crippen molar-refractivity contribution >= 4 is 15.7 Å². The number of anilines is 1. The topological polar surface area (TPSA) is 46.2 Å². The molecule has 0 saturated heterocycles. The predicted molar refractivity (Wildman–Crippen MR) is 68.3 cm³/mol. The smallest absolute Gasteiger partial charge is 0.264 e. The van der Waals surface area contributed by atoms with Crippen LogP contribution in [0.25, 0.3) is 0 Å². The Kier molecular flexibility index (Phi) is 3.71. The summed E-state index contributed by atoms with van der Waals surface area (Å²) >= 11 is 0. The number of hydrogen-bond acceptors (Lipinski definition) is 2. The molecular formula is C13H10F3NO2S. The molecule has 3 nitrogen and oxygen atoms in total. The van der Waals surface area contributed by atoms with Crippen LogP contribution >= 0.6 is 0 Å². The second-order valence-electron chi connectivity index (χ2n) is 4.20. The van der Waals surface area contributed by atoms with Crippen molar-refractivity contribution in [3.05, 3.63) is 59.4 Å². The van der Waals surface area contributed by atoms with Crippen molar-refractivity contribution in [1.82, 2.24) is 0 Å². The van der Waals surface area contributed by atoms with E-state index < -0.39 is 32.4 Å². The van der Waals surface area contributed by atoms with Crippen LogP contribution in [0.3, 0.4) is 0 Å². The van der Waals surface area contributed by atoms with Crippen molar-refractivity contribution in [3.8, 4) is 0 Å². The number of sulfonamides is 1. The molecule has 2 aromatic carbocycles. The second-order valence-corrected chi connectivity index (χ2v) is 5.85. The Morgan fingerprint density at radius 3 is 2.15 bits per heavy atom. The van der Waals surface area contributed by atoms with Gasteiger partial charge < -0.3 is 0 Å². The van der Waals surface area contributed by atoms with Gasteiger partial charge in [0.25, 0.3) is 10.0 Å². The van der Waals surface area contributed by atoms with Crippen LogP contribution in [-0.4, -0.2) is 8.42 Å². The number of halogens is 3. The van der Waals surface area contributed by atoms with Crippen molar-refractivity contribution in [2.24, 2.45) is 0 Å². The standard InChI is InChI=1S/C13H10F3NO2S/c1-8-2-3-12(16)13(4-8)20(18,19)17-11-6-9(14)5-10(15)7-11/h2-7,17H,1H3. The van der Waals surface area contributed by atoms with E-state index in [-0.39, 0.29) is 5.69 Å². The molecule has 0 heterocycles. The zero-order valence-electron chi connectivity index (χ0n) is 10.3. The molecule has 7 heteroatoms. The minimum atomic E-state index is -4.26. The number of benzene rings is 2. The molecule has 0 aromatic heterocycles. The fourth-order valence-electron chi connectivity index (χ4n) is 1.64. The van der Waals surface area contributed by atoms with Crippen LogP contribution in [0.1, 0.15) is 5.56 Å². The van der Waals surface area contributed by atoms with E-state index in [1.54, 1.807) is 6.92 Å². The predicted octanol–water partition coefficient (Wildman–Crippen LogP) is 3.21. The minimum Gasteiger partial charge on any atom is -0.279 e. The highest BCUT2D eigenvalue weighted by Crippen LogP contribution is 2.21. The van der Waals surface area contributed by atoms with E-state index in [9.17, 15) is 21.6 Å². The molecule has 0 spiro atoms. The second kappa shape index (κ2) is 5.16. The molecule has 0 atom stereocenters. The highest BCUT2D eigenvalue weighted by molar-refractivity contribution is 7.92. The molecule has 0 saturated carbocycles. The fourth-order valence-corrected chi connectivity index (χ4v) is 2.84. The zero-order chi connectivity index (χ0) is 14.9. The summed E-state index contributed by atoms with van der Waals surface area (Å²) in [5.74, 6) is -2.82. The molecule has 0 unspecified atom stereocenters. The van der Waals surface area contributed by atoms with E-state index in [0.717, 1.165) is 24.3 Å². The van der Waals surface area contributed by atoms with E-state index in [1.807, 2.05) is 4.72 Å². The highest BCUT2D eigenvalue weighted by Gasteiger charge is 2.19. The summed E-state index contributed by atoms with van der Waals surface area (Å²) in [5.41, 5.74) is 0.223. The van der Waals surface area contributed by atoms with Crippen molar-refractivity contribution in [2.45, 2.75) is 11.8 Å². The van der Waals surface area contributed by atoms with Crippen molar-refractivity contribution in [3.63, 3.8) is 0 Å². The summed E-state index contributed by atoms with van der Waals surface area (Å²) in [5, 5.41) is 0. The van der Waals surface area contributed by atoms with E-state index in [0.29, 0.717) is 11.6 Å². The molecule has 2 aromatic rings. The maximum atomic E-state index is 13.6. The van der Waals surface area contributed by atoms with Gasteiger partial charge in [0.2, 0.25) is 0 Å². The van der Waals surface area contributed by atoms with Crippen molar-refractivity contribution in [1.29, 1.82) is 0 Å². The third-order valence-electron chi connectivity index (χ3n) is 2.49. The normalized spacial score (nSPS) is 11.4. The molecule has 0 amide bonds. The van der Waals surface area contributed by atoms with Gasteiger partial charge in [0.1, 0.15) is 22.3 Å². The van der Waals surface area contributed by atoms with Gasteiger partial charge in [0.05, 0.1) is 5.69 Å². The average molecular weight is 301 g/mol. The van der Waals surface area contributed by atoms with Gasteiger partial charge >= 0.3 is 0 Å². The molecule has 2 rings (SSSR count). The lowest BCUT2D eigenvalue weighted by atomic mass is 10.2. The van der Waals surface area contributed by atoms with Gasteiger partial charge in [-0.15, -0.1) is 0 Å². The third-order valence-corrected chi connectivity index (χ3v) is 3.89. The van der Waals surface area contributed by atoms with Crippen LogP contribution in [0.5, 0.6) is 0 Å². The maximum absolute atomic E-state index is 13.6. The third kappa shape index (κ3) is 3.11.